The van der Waals surface area contributed by atoms with Gasteiger partial charge in [-0.25, -0.2) is 9.37 Å². The number of carboxylic acids is 1. The van der Waals surface area contributed by atoms with Crippen LogP contribution in [-0.2, 0) is 27.3 Å². The van der Waals surface area contributed by atoms with E-state index in [0.717, 1.165) is 16.3 Å². The fourth-order valence-electron chi connectivity index (χ4n) is 4.48. The number of hydrogen-bond acceptors (Lipinski definition) is 6. The number of hydrogen-bond donors (Lipinski definition) is 4. The molecule has 0 radical (unpaired) electrons. The number of likely N-dealkylation sites (tertiary alicyclic amines) is 1. The molecule has 5 N–H and O–H groups in total. The first kappa shape index (κ1) is 25.1. The van der Waals surface area contributed by atoms with Gasteiger partial charge in [-0.15, -0.1) is 0 Å². The first-order valence-corrected chi connectivity index (χ1v) is 11.7. The number of fused-ring (bicyclic) bond motifs is 1. The average molecular weight is 494 g/mol. The Balaban J connectivity index is 1.43. The van der Waals surface area contributed by atoms with Gasteiger partial charge in [0.05, 0.1) is 12.6 Å². The number of amides is 2. The van der Waals surface area contributed by atoms with E-state index in [2.05, 4.69) is 15.6 Å². The molecule has 10 heteroatoms. The maximum absolute atomic E-state index is 13.4. The van der Waals surface area contributed by atoms with Crippen LogP contribution in [0.2, 0.25) is 0 Å². The van der Waals surface area contributed by atoms with Gasteiger partial charge in [-0.1, -0.05) is 24.3 Å². The van der Waals surface area contributed by atoms with Crippen LogP contribution >= 0.6 is 0 Å². The third kappa shape index (κ3) is 5.95. The number of carboxylic acid groups (broad SMARTS) is 1. The number of pyridine rings is 1. The van der Waals surface area contributed by atoms with Gasteiger partial charge in [0.25, 0.3) is 0 Å². The molecule has 1 aliphatic heterocycles. The maximum atomic E-state index is 13.4. The summed E-state index contributed by atoms with van der Waals surface area (Å²) in [5.74, 6) is -1.69. The molecule has 2 atom stereocenters. The van der Waals surface area contributed by atoms with Crippen LogP contribution in [0.15, 0.2) is 54.7 Å². The van der Waals surface area contributed by atoms with Gasteiger partial charge < -0.3 is 21.1 Å². The van der Waals surface area contributed by atoms with Crippen LogP contribution < -0.4 is 16.4 Å². The van der Waals surface area contributed by atoms with Crippen molar-refractivity contribution in [2.75, 3.05) is 18.8 Å². The molecule has 2 unspecified atom stereocenters. The summed E-state index contributed by atoms with van der Waals surface area (Å²) in [5, 5.41) is 16.5. The van der Waals surface area contributed by atoms with Crippen molar-refractivity contribution in [2.45, 2.75) is 37.9 Å². The number of nitrogen functional groups attached to an aromatic ring is 1. The average Bonchev–Trinajstić information content (AvgIpc) is 3.36. The lowest BCUT2D eigenvalue weighted by Gasteiger charge is -2.28. The van der Waals surface area contributed by atoms with Crippen LogP contribution in [0.3, 0.4) is 0 Å². The van der Waals surface area contributed by atoms with Gasteiger partial charge in [-0.05, 0) is 60.0 Å². The number of nitrogens with zero attached hydrogens (tertiary/aromatic N) is 2. The Morgan fingerprint density at radius 2 is 1.89 bits per heavy atom. The summed E-state index contributed by atoms with van der Waals surface area (Å²) >= 11 is 0. The van der Waals surface area contributed by atoms with E-state index in [4.69, 9.17) is 10.8 Å². The van der Waals surface area contributed by atoms with Crippen LogP contribution in [0.4, 0.5) is 10.2 Å². The molecule has 2 heterocycles. The highest BCUT2D eigenvalue weighted by Gasteiger charge is 2.37. The Morgan fingerprint density at radius 3 is 2.64 bits per heavy atom. The van der Waals surface area contributed by atoms with Crippen LogP contribution in [0.1, 0.15) is 24.0 Å². The van der Waals surface area contributed by atoms with Crippen molar-refractivity contribution < 1.29 is 23.9 Å². The molecule has 1 aliphatic rings. The fraction of sp³-hybridized carbons (Fsp3) is 0.308. The smallest absolute Gasteiger partial charge is 0.317 e. The molecule has 2 aromatic carbocycles. The standard InChI is InChI=1S/C26H28FN5O4/c27-19-6-3-16(4-7-19)13-21(30-15-23(33)34)26(36)32-11-1-2-22(32)25(35)31-14-17-5-8-20-18(12-17)9-10-29-24(20)28/h3-10,12,21-22,30H,1-2,11,13-15H2,(H2,28,29)(H,31,35)(H,33,34). The Bertz CT molecular complexity index is 1270. The molecule has 36 heavy (non-hydrogen) atoms. The van der Waals surface area contributed by atoms with Crippen LogP contribution in [0.25, 0.3) is 10.8 Å². The minimum Gasteiger partial charge on any atom is -0.480 e. The zero-order valence-electron chi connectivity index (χ0n) is 19.6. The van der Waals surface area contributed by atoms with E-state index < -0.39 is 30.4 Å². The topological polar surface area (TPSA) is 138 Å². The summed E-state index contributed by atoms with van der Waals surface area (Å²) < 4.78 is 13.3. The lowest BCUT2D eigenvalue weighted by molar-refractivity contribution is -0.141. The van der Waals surface area contributed by atoms with Gasteiger partial charge in [0.15, 0.2) is 0 Å². The zero-order valence-corrected chi connectivity index (χ0v) is 19.6. The first-order chi connectivity index (χ1) is 17.3. The summed E-state index contributed by atoms with van der Waals surface area (Å²) in [4.78, 5) is 43.1. The zero-order chi connectivity index (χ0) is 25.7. The van der Waals surface area contributed by atoms with Gasteiger partial charge in [0.2, 0.25) is 11.8 Å². The molecule has 0 aliphatic carbocycles. The lowest BCUT2D eigenvalue weighted by atomic mass is 10.0. The van der Waals surface area contributed by atoms with E-state index in [0.29, 0.717) is 30.8 Å². The van der Waals surface area contributed by atoms with E-state index in [1.54, 1.807) is 18.3 Å². The maximum Gasteiger partial charge on any atom is 0.317 e. The number of aliphatic carboxylic acids is 1. The van der Waals surface area contributed by atoms with Crippen molar-refractivity contribution in [1.29, 1.82) is 0 Å². The highest BCUT2D eigenvalue weighted by molar-refractivity contribution is 5.92. The van der Waals surface area contributed by atoms with Gasteiger partial charge >= 0.3 is 5.97 Å². The van der Waals surface area contributed by atoms with Crippen molar-refractivity contribution in [2.24, 2.45) is 0 Å². The SMILES string of the molecule is Nc1nccc2cc(CNC(=O)C3CCCN3C(=O)C(Cc3ccc(F)cc3)NCC(=O)O)ccc12. The Hall–Kier alpha value is -4.05. The van der Waals surface area contributed by atoms with E-state index in [-0.39, 0.29) is 24.8 Å². The number of rotatable bonds is 9. The van der Waals surface area contributed by atoms with E-state index in [9.17, 15) is 18.8 Å². The minimum atomic E-state index is -1.10. The third-order valence-corrected chi connectivity index (χ3v) is 6.32. The van der Waals surface area contributed by atoms with E-state index in [1.807, 2.05) is 24.3 Å². The molecule has 1 fully saturated rings. The number of aromatic nitrogens is 1. The first-order valence-electron chi connectivity index (χ1n) is 11.7. The van der Waals surface area contributed by atoms with Crippen molar-refractivity contribution >= 4 is 34.4 Å². The molecule has 3 aromatic rings. The Kier molecular flexibility index (Phi) is 7.74. The minimum absolute atomic E-state index is 0.173. The number of benzene rings is 2. The predicted molar refractivity (Wildman–Crippen MR) is 132 cm³/mol. The summed E-state index contributed by atoms with van der Waals surface area (Å²) in [5.41, 5.74) is 7.46. The lowest BCUT2D eigenvalue weighted by Crippen LogP contribution is -2.53. The largest absolute Gasteiger partial charge is 0.480 e. The van der Waals surface area contributed by atoms with Crippen molar-refractivity contribution in [3.63, 3.8) is 0 Å². The number of nitrogens with one attached hydrogen (secondary N) is 2. The van der Waals surface area contributed by atoms with Gasteiger partial charge in [-0.3, -0.25) is 19.7 Å². The third-order valence-electron chi connectivity index (χ3n) is 6.32. The molecular formula is C26H28FN5O4. The molecule has 1 saturated heterocycles. The number of carbonyl (C=O) groups excluding carboxylic acids is 2. The summed E-state index contributed by atoms with van der Waals surface area (Å²) in [6.07, 6.45) is 2.98. The molecule has 9 nitrogen and oxygen atoms in total. The Morgan fingerprint density at radius 1 is 1.14 bits per heavy atom. The van der Waals surface area contributed by atoms with Crippen molar-refractivity contribution in [1.82, 2.24) is 20.5 Å². The highest BCUT2D eigenvalue weighted by atomic mass is 19.1. The number of anilines is 1. The van der Waals surface area contributed by atoms with Gasteiger partial charge in [-0.2, -0.15) is 0 Å². The normalized spacial score (nSPS) is 16.1. The van der Waals surface area contributed by atoms with Crippen LogP contribution in [0, 0.1) is 5.82 Å². The molecule has 0 saturated carbocycles. The fourth-order valence-corrected chi connectivity index (χ4v) is 4.48. The molecule has 1 aromatic heterocycles. The van der Waals surface area contributed by atoms with Crippen molar-refractivity contribution in [3.05, 3.63) is 71.7 Å². The summed E-state index contributed by atoms with van der Waals surface area (Å²) in [7, 11) is 0. The second-order valence-electron chi connectivity index (χ2n) is 8.82. The molecule has 188 valence electrons. The Labute approximate surface area is 207 Å². The number of carbonyl (C=O) groups is 3. The predicted octanol–water partition coefficient (Wildman–Crippen LogP) is 1.85. The quantitative estimate of drug-likeness (QED) is 0.357. The van der Waals surface area contributed by atoms with E-state index in [1.165, 1.54) is 17.0 Å². The van der Waals surface area contributed by atoms with Crippen LogP contribution in [0.5, 0.6) is 0 Å². The van der Waals surface area contributed by atoms with Crippen molar-refractivity contribution in [3.8, 4) is 0 Å². The van der Waals surface area contributed by atoms with Crippen LogP contribution in [-0.4, -0.2) is 57.9 Å². The monoisotopic (exact) mass is 493 g/mol. The molecular weight excluding hydrogens is 465 g/mol. The molecule has 0 spiro atoms. The molecule has 2 amide bonds. The number of halogens is 1. The molecule has 4 rings (SSSR count). The molecule has 0 bridgehead atoms. The van der Waals surface area contributed by atoms with Gasteiger partial charge in [0.1, 0.15) is 17.7 Å². The van der Waals surface area contributed by atoms with Gasteiger partial charge in [0, 0.05) is 24.7 Å². The second kappa shape index (κ2) is 11.1. The second-order valence-corrected chi connectivity index (χ2v) is 8.82. The van der Waals surface area contributed by atoms with E-state index >= 15 is 0 Å². The highest BCUT2D eigenvalue weighted by Crippen LogP contribution is 2.22. The number of nitrogens with two attached hydrogens (primary N) is 1. The summed E-state index contributed by atoms with van der Waals surface area (Å²) in [6.45, 7) is 0.268. The summed E-state index contributed by atoms with van der Waals surface area (Å²) in [6, 6.07) is 11.7.